The standard InChI is InChI=1S/C18H22N4O2/c1-5-12-6-7-15-14(8-12)11(2)17(24-15)18(23)19-16-9-13(20-21-16)10-22(3)4/h6-9H,5,10H2,1-4H3,(H2,19,20,21,23). The summed E-state index contributed by atoms with van der Waals surface area (Å²) in [5, 5.41) is 10.8. The van der Waals surface area contributed by atoms with Crippen LogP contribution in [0.5, 0.6) is 0 Å². The maximum atomic E-state index is 12.5. The minimum atomic E-state index is -0.287. The van der Waals surface area contributed by atoms with Crippen LogP contribution in [0.2, 0.25) is 0 Å². The van der Waals surface area contributed by atoms with Crippen molar-refractivity contribution in [2.45, 2.75) is 26.8 Å². The highest BCUT2D eigenvalue weighted by molar-refractivity contribution is 6.06. The SMILES string of the molecule is CCc1ccc2oc(C(=O)Nc3cc(CN(C)C)[nH]n3)c(C)c2c1. The molecule has 0 saturated carbocycles. The van der Waals surface area contributed by atoms with Gasteiger partial charge in [-0.25, -0.2) is 0 Å². The summed E-state index contributed by atoms with van der Waals surface area (Å²) in [6.45, 7) is 4.74. The molecule has 2 N–H and O–H groups in total. The number of nitrogens with zero attached hydrogens (tertiary/aromatic N) is 2. The number of aryl methyl sites for hydroxylation is 2. The van der Waals surface area contributed by atoms with Crippen LogP contribution < -0.4 is 5.32 Å². The van der Waals surface area contributed by atoms with E-state index < -0.39 is 0 Å². The van der Waals surface area contributed by atoms with Gasteiger partial charge in [0.15, 0.2) is 11.6 Å². The zero-order valence-corrected chi connectivity index (χ0v) is 14.4. The predicted octanol–water partition coefficient (Wildman–Crippen LogP) is 3.34. The van der Waals surface area contributed by atoms with Gasteiger partial charge in [0.2, 0.25) is 0 Å². The maximum Gasteiger partial charge on any atom is 0.292 e. The van der Waals surface area contributed by atoms with Crippen molar-refractivity contribution in [1.29, 1.82) is 0 Å². The second kappa shape index (κ2) is 6.49. The molecule has 0 bridgehead atoms. The average Bonchev–Trinajstić information content (AvgIpc) is 3.11. The summed E-state index contributed by atoms with van der Waals surface area (Å²) in [6.07, 6.45) is 0.948. The Morgan fingerprint density at radius 2 is 2.12 bits per heavy atom. The van der Waals surface area contributed by atoms with Crippen LogP contribution in [0, 0.1) is 6.92 Å². The fraction of sp³-hybridized carbons (Fsp3) is 0.333. The number of aromatic amines is 1. The van der Waals surface area contributed by atoms with E-state index in [1.54, 1.807) is 0 Å². The lowest BCUT2D eigenvalue weighted by Crippen LogP contribution is -2.12. The van der Waals surface area contributed by atoms with Gasteiger partial charge in [0.1, 0.15) is 5.58 Å². The van der Waals surface area contributed by atoms with Gasteiger partial charge < -0.3 is 14.6 Å². The van der Waals surface area contributed by atoms with E-state index >= 15 is 0 Å². The zero-order chi connectivity index (χ0) is 17.3. The molecule has 24 heavy (non-hydrogen) atoms. The van der Waals surface area contributed by atoms with Crippen LogP contribution in [-0.4, -0.2) is 35.1 Å². The molecule has 2 aromatic heterocycles. The number of fused-ring (bicyclic) bond motifs is 1. The van der Waals surface area contributed by atoms with Crippen LogP contribution >= 0.6 is 0 Å². The Morgan fingerprint density at radius 3 is 2.83 bits per heavy atom. The molecule has 1 amide bonds. The van der Waals surface area contributed by atoms with Crippen LogP contribution in [-0.2, 0) is 13.0 Å². The number of H-pyrrole nitrogens is 1. The highest BCUT2D eigenvalue weighted by atomic mass is 16.3. The van der Waals surface area contributed by atoms with Crippen LogP contribution in [0.4, 0.5) is 5.82 Å². The number of hydrogen-bond donors (Lipinski definition) is 2. The van der Waals surface area contributed by atoms with Gasteiger partial charge in [-0.2, -0.15) is 5.10 Å². The van der Waals surface area contributed by atoms with Gasteiger partial charge in [-0.15, -0.1) is 0 Å². The summed E-state index contributed by atoms with van der Waals surface area (Å²) in [4.78, 5) is 14.5. The molecule has 126 valence electrons. The van der Waals surface area contributed by atoms with E-state index in [1.807, 2.05) is 44.1 Å². The molecule has 0 fully saturated rings. The van der Waals surface area contributed by atoms with Gasteiger partial charge in [-0.1, -0.05) is 13.0 Å². The summed E-state index contributed by atoms with van der Waals surface area (Å²) < 4.78 is 5.75. The Labute approximate surface area is 140 Å². The van der Waals surface area contributed by atoms with Crippen molar-refractivity contribution >= 4 is 22.7 Å². The number of amides is 1. The van der Waals surface area contributed by atoms with E-state index in [0.717, 1.165) is 35.2 Å². The first-order valence-corrected chi connectivity index (χ1v) is 8.00. The number of aromatic nitrogens is 2. The fourth-order valence-electron chi connectivity index (χ4n) is 2.72. The first-order chi connectivity index (χ1) is 11.5. The topological polar surface area (TPSA) is 74.2 Å². The van der Waals surface area contributed by atoms with Crippen LogP contribution in [0.1, 0.15) is 34.3 Å². The summed E-state index contributed by atoms with van der Waals surface area (Å²) in [5.74, 6) is 0.533. The molecule has 0 saturated heterocycles. The second-order valence-corrected chi connectivity index (χ2v) is 6.21. The molecule has 1 aromatic carbocycles. The van der Waals surface area contributed by atoms with Crippen molar-refractivity contribution in [3.8, 4) is 0 Å². The van der Waals surface area contributed by atoms with E-state index in [1.165, 1.54) is 5.56 Å². The van der Waals surface area contributed by atoms with Gasteiger partial charge in [0, 0.05) is 23.6 Å². The Morgan fingerprint density at radius 1 is 1.33 bits per heavy atom. The van der Waals surface area contributed by atoms with Crippen LogP contribution in [0.15, 0.2) is 28.7 Å². The predicted molar refractivity (Wildman–Crippen MR) is 94.3 cm³/mol. The number of furan rings is 1. The molecule has 3 aromatic rings. The highest BCUT2D eigenvalue weighted by Gasteiger charge is 2.19. The van der Waals surface area contributed by atoms with Crippen LogP contribution in [0.25, 0.3) is 11.0 Å². The number of carbonyl (C=O) groups is 1. The van der Waals surface area contributed by atoms with Crippen molar-refractivity contribution in [2.75, 3.05) is 19.4 Å². The molecule has 0 radical (unpaired) electrons. The quantitative estimate of drug-likeness (QED) is 0.754. The molecule has 0 spiro atoms. The fourth-order valence-corrected chi connectivity index (χ4v) is 2.72. The third kappa shape index (κ3) is 3.19. The molecule has 0 aliphatic heterocycles. The highest BCUT2D eigenvalue weighted by Crippen LogP contribution is 2.27. The van der Waals surface area contributed by atoms with E-state index in [0.29, 0.717) is 11.6 Å². The van der Waals surface area contributed by atoms with Crippen molar-refractivity contribution in [2.24, 2.45) is 0 Å². The molecule has 3 rings (SSSR count). The number of carbonyl (C=O) groups excluding carboxylic acids is 1. The van der Waals surface area contributed by atoms with Gasteiger partial charge in [-0.05, 0) is 45.1 Å². The minimum absolute atomic E-state index is 0.287. The average molecular weight is 326 g/mol. The number of rotatable bonds is 5. The normalized spacial score (nSPS) is 11.4. The smallest absolute Gasteiger partial charge is 0.292 e. The van der Waals surface area contributed by atoms with Gasteiger partial charge in [0.05, 0.1) is 5.69 Å². The van der Waals surface area contributed by atoms with Crippen molar-refractivity contribution in [1.82, 2.24) is 15.1 Å². The summed E-state index contributed by atoms with van der Waals surface area (Å²) in [5.41, 5.74) is 3.73. The molecule has 6 heteroatoms. The van der Waals surface area contributed by atoms with E-state index in [-0.39, 0.29) is 5.91 Å². The number of anilines is 1. The first-order valence-electron chi connectivity index (χ1n) is 8.00. The van der Waals surface area contributed by atoms with E-state index in [2.05, 4.69) is 28.5 Å². The molecular weight excluding hydrogens is 304 g/mol. The molecular formula is C18H22N4O2. The molecule has 6 nitrogen and oxygen atoms in total. The zero-order valence-electron chi connectivity index (χ0n) is 14.4. The molecule has 0 atom stereocenters. The summed E-state index contributed by atoms with van der Waals surface area (Å²) in [7, 11) is 3.95. The van der Waals surface area contributed by atoms with E-state index in [9.17, 15) is 4.79 Å². The third-order valence-corrected chi connectivity index (χ3v) is 3.97. The number of hydrogen-bond acceptors (Lipinski definition) is 4. The largest absolute Gasteiger partial charge is 0.451 e. The molecule has 0 unspecified atom stereocenters. The Balaban J connectivity index is 1.83. The number of nitrogens with one attached hydrogen (secondary N) is 2. The Bertz CT molecular complexity index is 876. The van der Waals surface area contributed by atoms with Crippen molar-refractivity contribution < 1.29 is 9.21 Å². The third-order valence-electron chi connectivity index (χ3n) is 3.97. The van der Waals surface area contributed by atoms with E-state index in [4.69, 9.17) is 4.42 Å². The minimum Gasteiger partial charge on any atom is -0.451 e. The summed E-state index contributed by atoms with van der Waals surface area (Å²) in [6, 6.07) is 7.84. The molecule has 0 aliphatic carbocycles. The first kappa shape index (κ1) is 16.3. The van der Waals surface area contributed by atoms with Crippen molar-refractivity contribution in [3.05, 3.63) is 46.8 Å². The molecule has 0 aliphatic rings. The lowest BCUT2D eigenvalue weighted by Gasteiger charge is -2.05. The van der Waals surface area contributed by atoms with Gasteiger partial charge in [-0.3, -0.25) is 9.89 Å². The van der Waals surface area contributed by atoms with Crippen LogP contribution in [0.3, 0.4) is 0 Å². The summed E-state index contributed by atoms with van der Waals surface area (Å²) >= 11 is 0. The molecule has 2 heterocycles. The number of benzene rings is 1. The monoisotopic (exact) mass is 326 g/mol. The maximum absolute atomic E-state index is 12.5. The Kier molecular flexibility index (Phi) is 4.40. The van der Waals surface area contributed by atoms with Gasteiger partial charge in [0.25, 0.3) is 5.91 Å². The lowest BCUT2D eigenvalue weighted by atomic mass is 10.1. The second-order valence-electron chi connectivity index (χ2n) is 6.21. The van der Waals surface area contributed by atoms with Gasteiger partial charge >= 0.3 is 0 Å². The Hall–Kier alpha value is -2.60. The van der Waals surface area contributed by atoms with Crippen molar-refractivity contribution in [3.63, 3.8) is 0 Å². The lowest BCUT2D eigenvalue weighted by molar-refractivity contribution is 0.0997.